The van der Waals surface area contributed by atoms with Gasteiger partial charge in [0.25, 0.3) is 0 Å². The number of hydrogen-bond acceptors (Lipinski definition) is 6. The number of carbonyl (C=O) groups excluding carboxylic acids is 3. The highest BCUT2D eigenvalue weighted by Gasteiger charge is 2.19. The first-order valence-electron chi connectivity index (χ1n) is 30.1. The molecule has 0 heterocycles. The van der Waals surface area contributed by atoms with Crippen molar-refractivity contribution >= 4 is 17.9 Å². The first-order chi connectivity index (χ1) is 35.0. The number of carbonyl (C=O) groups is 3. The van der Waals surface area contributed by atoms with E-state index in [1.165, 1.54) is 128 Å². The second-order valence-corrected chi connectivity index (χ2v) is 19.9. The van der Waals surface area contributed by atoms with Crippen molar-refractivity contribution in [1.29, 1.82) is 0 Å². The summed E-state index contributed by atoms with van der Waals surface area (Å²) >= 11 is 0. The van der Waals surface area contributed by atoms with Crippen LogP contribution >= 0.6 is 0 Å². The number of ether oxygens (including phenoxy) is 3. The molecular formula is C65H112O6. The zero-order chi connectivity index (χ0) is 51.4. The molecule has 0 bridgehead atoms. The van der Waals surface area contributed by atoms with Crippen molar-refractivity contribution in [1.82, 2.24) is 0 Å². The lowest BCUT2D eigenvalue weighted by molar-refractivity contribution is -0.167. The van der Waals surface area contributed by atoms with Gasteiger partial charge in [-0.3, -0.25) is 14.4 Å². The maximum absolute atomic E-state index is 12.8. The monoisotopic (exact) mass is 989 g/mol. The first kappa shape index (κ1) is 67.6. The molecular weight excluding hydrogens is 877 g/mol. The van der Waals surface area contributed by atoms with Crippen LogP contribution in [-0.4, -0.2) is 37.2 Å². The van der Waals surface area contributed by atoms with Gasteiger partial charge in [-0.05, 0) is 77.0 Å². The van der Waals surface area contributed by atoms with Crippen molar-refractivity contribution in [3.8, 4) is 0 Å². The summed E-state index contributed by atoms with van der Waals surface area (Å²) in [6.45, 7) is 6.49. The Kier molecular flexibility index (Phi) is 56.3. The minimum Gasteiger partial charge on any atom is -0.462 e. The second kappa shape index (κ2) is 59.2. The minimum atomic E-state index is -0.780. The Hall–Kier alpha value is -3.41. The van der Waals surface area contributed by atoms with Gasteiger partial charge in [-0.25, -0.2) is 0 Å². The number of rotatable bonds is 54. The number of unbranched alkanes of at least 4 members (excludes halogenated alkanes) is 29. The fraction of sp³-hybridized carbons (Fsp3) is 0.738. The molecule has 0 aromatic carbocycles. The molecule has 0 radical (unpaired) electrons. The molecule has 0 saturated carbocycles. The van der Waals surface area contributed by atoms with Gasteiger partial charge in [0.1, 0.15) is 13.2 Å². The molecule has 71 heavy (non-hydrogen) atoms. The van der Waals surface area contributed by atoms with Gasteiger partial charge in [-0.2, -0.15) is 0 Å². The summed E-state index contributed by atoms with van der Waals surface area (Å²) in [4.78, 5) is 38.0. The Morgan fingerprint density at radius 2 is 0.549 bits per heavy atom. The summed E-state index contributed by atoms with van der Waals surface area (Å²) in [5.74, 6) is -0.897. The lowest BCUT2D eigenvalue weighted by Crippen LogP contribution is -2.30. The Labute approximate surface area is 439 Å². The van der Waals surface area contributed by atoms with Crippen molar-refractivity contribution in [3.05, 3.63) is 85.1 Å². The van der Waals surface area contributed by atoms with Gasteiger partial charge in [0.15, 0.2) is 6.10 Å². The summed E-state index contributed by atoms with van der Waals surface area (Å²) < 4.78 is 16.8. The van der Waals surface area contributed by atoms with Crippen LogP contribution in [0.15, 0.2) is 85.1 Å². The van der Waals surface area contributed by atoms with Gasteiger partial charge in [-0.1, -0.05) is 279 Å². The van der Waals surface area contributed by atoms with Crippen LogP contribution in [0.1, 0.15) is 290 Å². The molecule has 0 N–H and O–H groups in total. The van der Waals surface area contributed by atoms with Crippen LogP contribution in [0.2, 0.25) is 0 Å². The zero-order valence-electron chi connectivity index (χ0n) is 46.7. The highest BCUT2D eigenvalue weighted by atomic mass is 16.6. The van der Waals surface area contributed by atoms with E-state index in [2.05, 4.69) is 106 Å². The van der Waals surface area contributed by atoms with Crippen LogP contribution in [0.4, 0.5) is 0 Å². The summed E-state index contributed by atoms with van der Waals surface area (Å²) in [6, 6.07) is 0. The van der Waals surface area contributed by atoms with E-state index in [9.17, 15) is 14.4 Å². The molecule has 0 fully saturated rings. The van der Waals surface area contributed by atoms with Gasteiger partial charge in [0, 0.05) is 19.3 Å². The molecule has 0 aliphatic rings. The molecule has 0 aliphatic heterocycles. The van der Waals surface area contributed by atoms with E-state index in [1.807, 2.05) is 0 Å². The largest absolute Gasteiger partial charge is 0.462 e. The summed E-state index contributed by atoms with van der Waals surface area (Å²) in [6.07, 6.45) is 77.4. The standard InChI is InChI=1S/C65H112O6/c1-4-7-10-13-16-18-20-22-24-26-28-29-30-31-32-33-34-35-37-38-40-42-44-46-49-52-55-58-64(67)70-61-62(60-69-63(66)57-54-51-48-15-12-9-6-3)71-65(68)59-56-53-50-47-45-43-41-39-36-27-25-23-21-19-17-14-11-8-5-2/h7,10,16,18,22,24,28-29,31-32,34-35,38,40,62H,4-6,8-9,11-15,17,19-21,23,25-27,30,33,36-37,39,41-61H2,1-3H3/b10-7-,18-16-,24-22-,29-28-,32-31-,35-34-,40-38-. The molecule has 6 heteroatoms. The lowest BCUT2D eigenvalue weighted by Gasteiger charge is -2.18. The Morgan fingerprint density at radius 3 is 0.859 bits per heavy atom. The topological polar surface area (TPSA) is 78.9 Å². The molecule has 0 aliphatic carbocycles. The maximum atomic E-state index is 12.8. The van der Waals surface area contributed by atoms with Crippen LogP contribution in [0.5, 0.6) is 0 Å². The Balaban J connectivity index is 4.21. The van der Waals surface area contributed by atoms with Crippen LogP contribution in [0, 0.1) is 0 Å². The normalized spacial score (nSPS) is 12.7. The minimum absolute atomic E-state index is 0.0800. The Morgan fingerprint density at radius 1 is 0.296 bits per heavy atom. The fourth-order valence-corrected chi connectivity index (χ4v) is 8.42. The molecule has 408 valence electrons. The van der Waals surface area contributed by atoms with Gasteiger partial charge in [-0.15, -0.1) is 0 Å². The van der Waals surface area contributed by atoms with Crippen molar-refractivity contribution < 1.29 is 28.6 Å². The van der Waals surface area contributed by atoms with Gasteiger partial charge >= 0.3 is 17.9 Å². The van der Waals surface area contributed by atoms with Crippen LogP contribution in [0.3, 0.4) is 0 Å². The predicted octanol–water partition coefficient (Wildman–Crippen LogP) is 20.3. The molecule has 1 atom stereocenters. The number of esters is 3. The Bertz CT molecular complexity index is 1370. The molecule has 0 saturated heterocycles. The van der Waals surface area contributed by atoms with Crippen molar-refractivity contribution in [3.63, 3.8) is 0 Å². The summed E-state index contributed by atoms with van der Waals surface area (Å²) in [5, 5.41) is 0. The van der Waals surface area contributed by atoms with E-state index in [-0.39, 0.29) is 31.1 Å². The van der Waals surface area contributed by atoms with Crippen molar-refractivity contribution in [2.24, 2.45) is 0 Å². The highest BCUT2D eigenvalue weighted by molar-refractivity contribution is 5.71. The van der Waals surface area contributed by atoms with E-state index in [4.69, 9.17) is 14.2 Å². The third-order valence-corrected chi connectivity index (χ3v) is 12.9. The van der Waals surface area contributed by atoms with E-state index in [0.29, 0.717) is 19.3 Å². The molecule has 0 rings (SSSR count). The van der Waals surface area contributed by atoms with Crippen molar-refractivity contribution in [2.75, 3.05) is 13.2 Å². The average Bonchev–Trinajstić information content (AvgIpc) is 3.37. The van der Waals surface area contributed by atoms with Crippen LogP contribution in [-0.2, 0) is 28.6 Å². The molecule has 0 aromatic rings. The van der Waals surface area contributed by atoms with E-state index in [1.54, 1.807) is 0 Å². The third kappa shape index (κ3) is 57.4. The maximum Gasteiger partial charge on any atom is 0.306 e. The molecule has 0 amide bonds. The quantitative estimate of drug-likeness (QED) is 0.0261. The van der Waals surface area contributed by atoms with Crippen molar-refractivity contribution in [2.45, 2.75) is 297 Å². The summed E-state index contributed by atoms with van der Waals surface area (Å²) in [7, 11) is 0. The SMILES string of the molecule is CC/C=C\C/C=C\C/C=C\C/C=C\C/C=C\C/C=C\C/C=C\CCCCCCCC(=O)OCC(COC(=O)CCCCCCCCC)OC(=O)CCCCCCCCCCCCCCCCCCCCC. The van der Waals surface area contributed by atoms with E-state index < -0.39 is 6.10 Å². The van der Waals surface area contributed by atoms with Gasteiger partial charge < -0.3 is 14.2 Å². The van der Waals surface area contributed by atoms with Crippen LogP contribution < -0.4 is 0 Å². The van der Waals surface area contributed by atoms with E-state index >= 15 is 0 Å². The molecule has 0 spiro atoms. The van der Waals surface area contributed by atoms with Gasteiger partial charge in [0.2, 0.25) is 0 Å². The number of hydrogen-bond donors (Lipinski definition) is 0. The smallest absolute Gasteiger partial charge is 0.306 e. The lowest BCUT2D eigenvalue weighted by atomic mass is 10.0. The molecule has 1 unspecified atom stereocenters. The molecule has 0 aromatic heterocycles. The average molecular weight is 990 g/mol. The first-order valence-corrected chi connectivity index (χ1v) is 30.1. The summed E-state index contributed by atoms with van der Waals surface area (Å²) in [5.41, 5.74) is 0. The second-order valence-electron chi connectivity index (χ2n) is 19.9. The number of allylic oxidation sites excluding steroid dienone is 14. The zero-order valence-corrected chi connectivity index (χ0v) is 46.7. The van der Waals surface area contributed by atoms with Gasteiger partial charge in [0.05, 0.1) is 0 Å². The predicted molar refractivity (Wildman–Crippen MR) is 307 cm³/mol. The third-order valence-electron chi connectivity index (χ3n) is 12.9. The van der Waals surface area contributed by atoms with E-state index in [0.717, 1.165) is 122 Å². The molecule has 6 nitrogen and oxygen atoms in total. The highest BCUT2D eigenvalue weighted by Crippen LogP contribution is 2.16. The van der Waals surface area contributed by atoms with Crippen LogP contribution in [0.25, 0.3) is 0 Å². The fourth-order valence-electron chi connectivity index (χ4n) is 8.42.